The van der Waals surface area contributed by atoms with Crippen molar-refractivity contribution in [1.29, 1.82) is 0 Å². The van der Waals surface area contributed by atoms with Crippen LogP contribution < -0.4 is 10.1 Å². The van der Waals surface area contributed by atoms with Crippen molar-refractivity contribution in [3.8, 4) is 5.75 Å². The topological polar surface area (TPSA) is 54.7 Å². The van der Waals surface area contributed by atoms with Gasteiger partial charge in [-0.15, -0.1) is 0 Å². The zero-order valence-corrected chi connectivity index (χ0v) is 14.2. The van der Waals surface area contributed by atoms with Crippen molar-refractivity contribution in [3.05, 3.63) is 29.5 Å². The van der Waals surface area contributed by atoms with Crippen LogP contribution in [-0.4, -0.2) is 43.1 Å². The summed E-state index contributed by atoms with van der Waals surface area (Å²) in [5.41, 5.74) is 1.57. The SMILES string of the molecule is COc1ccc2oc(C(=O)NC3CCN(C(C)C)C3)c(C)c2c1. The number of hydrogen-bond donors (Lipinski definition) is 1. The van der Waals surface area contributed by atoms with Gasteiger partial charge in [0.15, 0.2) is 5.76 Å². The molecule has 0 radical (unpaired) electrons. The van der Waals surface area contributed by atoms with E-state index in [2.05, 4.69) is 24.1 Å². The molecule has 0 saturated carbocycles. The predicted octanol–water partition coefficient (Wildman–Crippen LogP) is 2.96. The lowest BCUT2D eigenvalue weighted by molar-refractivity contribution is 0.0910. The van der Waals surface area contributed by atoms with E-state index in [1.54, 1.807) is 7.11 Å². The molecule has 2 aromatic rings. The standard InChI is InChI=1S/C18H24N2O3/c1-11(2)20-8-7-13(10-20)19-18(21)17-12(3)15-9-14(22-4)5-6-16(15)23-17/h5-6,9,11,13H,7-8,10H2,1-4H3,(H,19,21). The largest absolute Gasteiger partial charge is 0.497 e. The molecule has 1 unspecified atom stereocenters. The summed E-state index contributed by atoms with van der Waals surface area (Å²) in [5, 5.41) is 4.03. The summed E-state index contributed by atoms with van der Waals surface area (Å²) < 4.78 is 11.0. The van der Waals surface area contributed by atoms with Crippen LogP contribution in [0.4, 0.5) is 0 Å². The molecule has 3 rings (SSSR count). The van der Waals surface area contributed by atoms with Crippen molar-refractivity contribution in [3.63, 3.8) is 0 Å². The third kappa shape index (κ3) is 3.06. The molecule has 1 aromatic heterocycles. The molecule has 5 heteroatoms. The van der Waals surface area contributed by atoms with Crippen molar-refractivity contribution in [1.82, 2.24) is 10.2 Å². The number of hydrogen-bond acceptors (Lipinski definition) is 4. The molecule has 1 fully saturated rings. The van der Waals surface area contributed by atoms with Gasteiger partial charge in [-0.05, 0) is 45.4 Å². The number of likely N-dealkylation sites (tertiary alicyclic amines) is 1. The van der Waals surface area contributed by atoms with Crippen LogP contribution in [0.25, 0.3) is 11.0 Å². The summed E-state index contributed by atoms with van der Waals surface area (Å²) in [4.78, 5) is 14.9. The fourth-order valence-electron chi connectivity index (χ4n) is 3.17. The first-order valence-corrected chi connectivity index (χ1v) is 8.11. The van der Waals surface area contributed by atoms with Crippen molar-refractivity contribution < 1.29 is 13.9 Å². The zero-order chi connectivity index (χ0) is 16.6. The van der Waals surface area contributed by atoms with Gasteiger partial charge in [0.05, 0.1) is 7.11 Å². The number of fused-ring (bicyclic) bond motifs is 1. The van der Waals surface area contributed by atoms with Crippen LogP contribution in [-0.2, 0) is 0 Å². The van der Waals surface area contributed by atoms with Crippen LogP contribution in [0.2, 0.25) is 0 Å². The van der Waals surface area contributed by atoms with Crippen molar-refractivity contribution in [2.24, 2.45) is 0 Å². The number of furan rings is 1. The zero-order valence-electron chi connectivity index (χ0n) is 14.2. The first kappa shape index (κ1) is 15.9. The van der Waals surface area contributed by atoms with Gasteiger partial charge in [-0.2, -0.15) is 0 Å². The summed E-state index contributed by atoms with van der Waals surface area (Å²) in [6.45, 7) is 8.20. The average Bonchev–Trinajstić information content (AvgIpc) is 3.12. The van der Waals surface area contributed by atoms with E-state index < -0.39 is 0 Å². The molecule has 1 aliphatic heterocycles. The third-order valence-electron chi connectivity index (χ3n) is 4.63. The molecule has 1 aliphatic rings. The molecule has 5 nitrogen and oxygen atoms in total. The number of methoxy groups -OCH3 is 1. The second-order valence-electron chi connectivity index (χ2n) is 6.47. The van der Waals surface area contributed by atoms with E-state index in [0.717, 1.165) is 36.2 Å². The summed E-state index contributed by atoms with van der Waals surface area (Å²) in [7, 11) is 1.63. The van der Waals surface area contributed by atoms with E-state index in [1.807, 2.05) is 25.1 Å². The van der Waals surface area contributed by atoms with Crippen LogP contribution in [0.5, 0.6) is 5.75 Å². The normalized spacial score (nSPS) is 18.7. The third-order valence-corrected chi connectivity index (χ3v) is 4.63. The fourth-order valence-corrected chi connectivity index (χ4v) is 3.17. The second kappa shape index (κ2) is 6.24. The molecule has 1 atom stereocenters. The average molecular weight is 316 g/mol. The first-order chi connectivity index (χ1) is 11.0. The number of benzene rings is 1. The second-order valence-corrected chi connectivity index (χ2v) is 6.47. The van der Waals surface area contributed by atoms with Gasteiger partial charge in [-0.3, -0.25) is 9.69 Å². The van der Waals surface area contributed by atoms with Gasteiger partial charge >= 0.3 is 0 Å². The fraction of sp³-hybridized carbons (Fsp3) is 0.500. The molecule has 124 valence electrons. The van der Waals surface area contributed by atoms with E-state index in [9.17, 15) is 4.79 Å². The lowest BCUT2D eigenvalue weighted by atomic mass is 10.1. The van der Waals surface area contributed by atoms with Gasteiger partial charge in [0.2, 0.25) is 0 Å². The van der Waals surface area contributed by atoms with Gasteiger partial charge in [0.25, 0.3) is 5.91 Å². The summed E-state index contributed by atoms with van der Waals surface area (Å²) >= 11 is 0. The van der Waals surface area contributed by atoms with Gasteiger partial charge in [-0.1, -0.05) is 0 Å². The smallest absolute Gasteiger partial charge is 0.287 e. The van der Waals surface area contributed by atoms with Gasteiger partial charge in [-0.25, -0.2) is 0 Å². The lowest BCUT2D eigenvalue weighted by Crippen LogP contribution is -2.38. The Morgan fingerprint density at radius 1 is 1.43 bits per heavy atom. The maximum atomic E-state index is 12.6. The number of nitrogens with one attached hydrogen (secondary N) is 1. The molecule has 2 heterocycles. The minimum atomic E-state index is -0.131. The van der Waals surface area contributed by atoms with Crippen LogP contribution in [0.3, 0.4) is 0 Å². The highest BCUT2D eigenvalue weighted by atomic mass is 16.5. The van der Waals surface area contributed by atoms with E-state index >= 15 is 0 Å². The van der Waals surface area contributed by atoms with E-state index in [-0.39, 0.29) is 11.9 Å². The number of rotatable bonds is 4. The molecule has 1 amide bonds. The van der Waals surface area contributed by atoms with E-state index in [4.69, 9.17) is 9.15 Å². The van der Waals surface area contributed by atoms with Crippen LogP contribution >= 0.6 is 0 Å². The molecule has 1 saturated heterocycles. The minimum Gasteiger partial charge on any atom is -0.497 e. The molecule has 0 spiro atoms. The highest BCUT2D eigenvalue weighted by Crippen LogP contribution is 2.29. The number of amides is 1. The van der Waals surface area contributed by atoms with E-state index in [1.165, 1.54) is 0 Å². The monoisotopic (exact) mass is 316 g/mol. The van der Waals surface area contributed by atoms with Gasteiger partial charge in [0, 0.05) is 36.1 Å². The van der Waals surface area contributed by atoms with Crippen molar-refractivity contribution >= 4 is 16.9 Å². The highest BCUT2D eigenvalue weighted by molar-refractivity contribution is 5.99. The highest BCUT2D eigenvalue weighted by Gasteiger charge is 2.27. The van der Waals surface area contributed by atoms with Crippen molar-refractivity contribution in [2.75, 3.05) is 20.2 Å². The number of ether oxygens (including phenoxy) is 1. The van der Waals surface area contributed by atoms with Gasteiger partial charge < -0.3 is 14.5 Å². The lowest BCUT2D eigenvalue weighted by Gasteiger charge is -2.20. The molecule has 0 aliphatic carbocycles. The Bertz CT molecular complexity index is 720. The molecular weight excluding hydrogens is 292 g/mol. The van der Waals surface area contributed by atoms with Crippen LogP contribution in [0, 0.1) is 6.92 Å². The number of carbonyl (C=O) groups excluding carboxylic acids is 1. The Morgan fingerprint density at radius 3 is 2.87 bits per heavy atom. The molecule has 23 heavy (non-hydrogen) atoms. The minimum absolute atomic E-state index is 0.131. The quantitative estimate of drug-likeness (QED) is 0.942. The Morgan fingerprint density at radius 2 is 2.22 bits per heavy atom. The predicted molar refractivity (Wildman–Crippen MR) is 90.1 cm³/mol. The Kier molecular flexibility index (Phi) is 4.31. The maximum absolute atomic E-state index is 12.6. The molecule has 1 aromatic carbocycles. The van der Waals surface area contributed by atoms with Crippen LogP contribution in [0.15, 0.2) is 22.6 Å². The Labute approximate surface area is 136 Å². The number of carbonyl (C=O) groups is 1. The first-order valence-electron chi connectivity index (χ1n) is 8.11. The number of nitrogens with zero attached hydrogens (tertiary/aromatic N) is 1. The Balaban J connectivity index is 1.77. The van der Waals surface area contributed by atoms with E-state index in [0.29, 0.717) is 17.4 Å². The summed E-state index contributed by atoms with van der Waals surface area (Å²) in [6, 6.07) is 6.28. The molecule has 1 N–H and O–H groups in total. The van der Waals surface area contributed by atoms with Crippen LogP contribution in [0.1, 0.15) is 36.4 Å². The summed E-state index contributed by atoms with van der Waals surface area (Å²) in [6.07, 6.45) is 0.983. The van der Waals surface area contributed by atoms with Crippen molar-refractivity contribution in [2.45, 2.75) is 39.3 Å². The Hall–Kier alpha value is -2.01. The maximum Gasteiger partial charge on any atom is 0.287 e. The molecular formula is C18H24N2O3. The molecule has 0 bridgehead atoms. The number of aryl methyl sites for hydroxylation is 1. The summed E-state index contributed by atoms with van der Waals surface area (Å²) in [5.74, 6) is 1.03. The van der Waals surface area contributed by atoms with Gasteiger partial charge in [0.1, 0.15) is 11.3 Å².